The highest BCUT2D eigenvalue weighted by Crippen LogP contribution is 2.29. The molecule has 0 saturated heterocycles. The molecule has 0 bridgehead atoms. The molecule has 0 radical (unpaired) electrons. The lowest BCUT2D eigenvalue weighted by atomic mass is 10.2. The van der Waals surface area contributed by atoms with E-state index in [1.165, 1.54) is 0 Å². The molecular weight excluding hydrogens is 424 g/mol. The molecule has 3 aromatic carbocycles. The number of para-hydroxylation sites is 3. The number of benzene rings is 3. The van der Waals surface area contributed by atoms with Gasteiger partial charge in [0.1, 0.15) is 5.75 Å². The van der Waals surface area contributed by atoms with E-state index in [0.29, 0.717) is 6.61 Å². The molecule has 0 aliphatic rings. The number of hydrogen-bond acceptors (Lipinski definition) is 4. The standard InChI is InChI=1S/C29H32N2O3/c1-4-12-23-17-18-27(28(21-23)32-3)33-20-11-10-19-31-26-16-9-8-15-25(26)30-29(31)22(2)34-24-13-6-5-7-14-24/h4-9,12-18,21-22H,10-11,19-20H2,1-3H3/b12-4+. The van der Waals surface area contributed by atoms with Gasteiger partial charge in [0.2, 0.25) is 0 Å². The van der Waals surface area contributed by atoms with Gasteiger partial charge < -0.3 is 18.8 Å². The van der Waals surface area contributed by atoms with Crippen LogP contribution in [0, 0.1) is 0 Å². The molecule has 4 rings (SSSR count). The topological polar surface area (TPSA) is 45.5 Å². The van der Waals surface area contributed by atoms with Crippen LogP contribution < -0.4 is 14.2 Å². The number of allylic oxidation sites excluding steroid dienone is 1. The molecule has 0 fully saturated rings. The molecule has 0 amide bonds. The third-order valence-electron chi connectivity index (χ3n) is 5.68. The van der Waals surface area contributed by atoms with Crippen LogP contribution in [0.5, 0.6) is 17.2 Å². The third kappa shape index (κ3) is 5.60. The molecule has 5 heteroatoms. The number of ether oxygens (including phenoxy) is 3. The summed E-state index contributed by atoms with van der Waals surface area (Å²) in [4.78, 5) is 4.89. The Hall–Kier alpha value is -3.73. The quantitative estimate of drug-likeness (QED) is 0.226. The Balaban J connectivity index is 1.40. The van der Waals surface area contributed by atoms with Crippen molar-refractivity contribution in [1.82, 2.24) is 9.55 Å². The second-order valence-corrected chi connectivity index (χ2v) is 8.15. The van der Waals surface area contributed by atoms with E-state index in [0.717, 1.165) is 59.1 Å². The van der Waals surface area contributed by atoms with Crippen LogP contribution in [-0.2, 0) is 6.54 Å². The van der Waals surface area contributed by atoms with E-state index >= 15 is 0 Å². The molecule has 34 heavy (non-hydrogen) atoms. The number of methoxy groups -OCH3 is 1. The SMILES string of the molecule is C/C=C/c1ccc(OCCCCn2c(C(C)Oc3ccccc3)nc3ccccc32)c(OC)c1. The molecular formula is C29H32N2O3. The van der Waals surface area contributed by atoms with Gasteiger partial charge in [-0.1, -0.05) is 48.6 Å². The van der Waals surface area contributed by atoms with Crippen molar-refractivity contribution in [3.8, 4) is 17.2 Å². The van der Waals surface area contributed by atoms with Gasteiger partial charge >= 0.3 is 0 Å². The Morgan fingerprint density at radius 1 is 0.941 bits per heavy atom. The van der Waals surface area contributed by atoms with E-state index in [1.807, 2.05) is 73.7 Å². The van der Waals surface area contributed by atoms with Gasteiger partial charge in [0.05, 0.1) is 24.8 Å². The van der Waals surface area contributed by atoms with Crippen LogP contribution in [0.15, 0.2) is 78.9 Å². The maximum Gasteiger partial charge on any atom is 0.161 e. The number of aryl methyl sites for hydroxylation is 1. The average Bonchev–Trinajstić information content (AvgIpc) is 3.24. The highest BCUT2D eigenvalue weighted by molar-refractivity contribution is 5.76. The molecule has 0 saturated carbocycles. The summed E-state index contributed by atoms with van der Waals surface area (Å²) in [5.41, 5.74) is 3.21. The summed E-state index contributed by atoms with van der Waals surface area (Å²) in [5.74, 6) is 3.31. The predicted molar refractivity (Wildman–Crippen MR) is 138 cm³/mol. The Labute approximate surface area is 201 Å². The first-order valence-electron chi connectivity index (χ1n) is 11.8. The second kappa shape index (κ2) is 11.4. The summed E-state index contributed by atoms with van der Waals surface area (Å²) in [6, 6.07) is 24.1. The van der Waals surface area contributed by atoms with Crippen molar-refractivity contribution in [3.05, 3.63) is 90.3 Å². The van der Waals surface area contributed by atoms with Crippen molar-refractivity contribution in [2.45, 2.75) is 39.3 Å². The summed E-state index contributed by atoms with van der Waals surface area (Å²) in [5, 5.41) is 0. The first-order valence-corrected chi connectivity index (χ1v) is 11.8. The summed E-state index contributed by atoms with van der Waals surface area (Å²) in [7, 11) is 1.67. The number of fused-ring (bicyclic) bond motifs is 1. The fraction of sp³-hybridized carbons (Fsp3) is 0.276. The van der Waals surface area contributed by atoms with Crippen LogP contribution in [0.4, 0.5) is 0 Å². The van der Waals surface area contributed by atoms with Crippen molar-refractivity contribution >= 4 is 17.1 Å². The monoisotopic (exact) mass is 456 g/mol. The molecule has 176 valence electrons. The Morgan fingerprint density at radius 3 is 2.53 bits per heavy atom. The number of hydrogen-bond donors (Lipinski definition) is 0. The van der Waals surface area contributed by atoms with E-state index in [1.54, 1.807) is 7.11 Å². The molecule has 4 aromatic rings. The third-order valence-corrected chi connectivity index (χ3v) is 5.68. The number of aromatic nitrogens is 2. The van der Waals surface area contributed by atoms with Gasteiger partial charge in [-0.3, -0.25) is 0 Å². The first-order chi connectivity index (χ1) is 16.7. The maximum absolute atomic E-state index is 6.18. The van der Waals surface area contributed by atoms with Crippen molar-refractivity contribution < 1.29 is 14.2 Å². The maximum atomic E-state index is 6.18. The van der Waals surface area contributed by atoms with Gasteiger partial charge in [0.15, 0.2) is 23.4 Å². The van der Waals surface area contributed by atoms with E-state index in [4.69, 9.17) is 19.2 Å². The Bertz CT molecular complexity index is 1230. The van der Waals surface area contributed by atoms with Gasteiger partial charge in [-0.25, -0.2) is 4.98 Å². The van der Waals surface area contributed by atoms with Crippen LogP contribution in [0.25, 0.3) is 17.1 Å². The van der Waals surface area contributed by atoms with Gasteiger partial charge in [0.25, 0.3) is 0 Å². The molecule has 1 aromatic heterocycles. The van der Waals surface area contributed by atoms with Crippen LogP contribution in [0.2, 0.25) is 0 Å². The minimum atomic E-state index is -0.161. The summed E-state index contributed by atoms with van der Waals surface area (Å²) < 4.78 is 20.0. The highest BCUT2D eigenvalue weighted by Gasteiger charge is 2.18. The zero-order valence-corrected chi connectivity index (χ0v) is 20.1. The van der Waals surface area contributed by atoms with Gasteiger partial charge in [-0.15, -0.1) is 0 Å². The molecule has 0 N–H and O–H groups in total. The fourth-order valence-electron chi connectivity index (χ4n) is 4.05. The molecule has 0 aliphatic heterocycles. The number of imidazole rings is 1. The van der Waals surface area contributed by atoms with Crippen molar-refractivity contribution in [2.24, 2.45) is 0 Å². The smallest absolute Gasteiger partial charge is 0.161 e. The van der Waals surface area contributed by atoms with E-state index in [9.17, 15) is 0 Å². The van der Waals surface area contributed by atoms with Gasteiger partial charge in [0, 0.05) is 6.54 Å². The van der Waals surface area contributed by atoms with Crippen LogP contribution >= 0.6 is 0 Å². The minimum absolute atomic E-state index is 0.161. The lowest BCUT2D eigenvalue weighted by Gasteiger charge is -2.17. The summed E-state index contributed by atoms with van der Waals surface area (Å²) in [6.07, 6.45) is 5.77. The lowest BCUT2D eigenvalue weighted by molar-refractivity contribution is 0.210. The fourth-order valence-corrected chi connectivity index (χ4v) is 4.05. The summed E-state index contributed by atoms with van der Waals surface area (Å²) in [6.45, 7) is 5.52. The minimum Gasteiger partial charge on any atom is -0.493 e. The van der Waals surface area contributed by atoms with Crippen molar-refractivity contribution in [2.75, 3.05) is 13.7 Å². The average molecular weight is 457 g/mol. The molecule has 0 aliphatic carbocycles. The Morgan fingerprint density at radius 2 is 1.74 bits per heavy atom. The number of nitrogens with zero attached hydrogens (tertiary/aromatic N) is 2. The normalized spacial score (nSPS) is 12.2. The van der Waals surface area contributed by atoms with E-state index in [-0.39, 0.29) is 6.10 Å². The zero-order valence-electron chi connectivity index (χ0n) is 20.1. The van der Waals surface area contributed by atoms with Crippen molar-refractivity contribution in [3.63, 3.8) is 0 Å². The van der Waals surface area contributed by atoms with Crippen LogP contribution in [0.1, 0.15) is 44.2 Å². The number of rotatable bonds is 11. The second-order valence-electron chi connectivity index (χ2n) is 8.15. The Kier molecular flexibility index (Phi) is 7.87. The van der Waals surface area contributed by atoms with Gasteiger partial charge in [-0.05, 0) is 68.7 Å². The van der Waals surface area contributed by atoms with E-state index in [2.05, 4.69) is 29.7 Å². The molecule has 5 nitrogen and oxygen atoms in total. The molecule has 1 unspecified atom stereocenters. The zero-order chi connectivity index (χ0) is 23.8. The van der Waals surface area contributed by atoms with Crippen LogP contribution in [0.3, 0.4) is 0 Å². The van der Waals surface area contributed by atoms with Crippen LogP contribution in [-0.4, -0.2) is 23.3 Å². The summed E-state index contributed by atoms with van der Waals surface area (Å²) >= 11 is 0. The molecule has 1 atom stereocenters. The largest absolute Gasteiger partial charge is 0.493 e. The molecule has 0 spiro atoms. The predicted octanol–water partition coefficient (Wildman–Crippen LogP) is 7.08. The highest BCUT2D eigenvalue weighted by atomic mass is 16.5. The lowest BCUT2D eigenvalue weighted by Crippen LogP contribution is -2.12. The van der Waals surface area contributed by atoms with E-state index < -0.39 is 0 Å². The van der Waals surface area contributed by atoms with Gasteiger partial charge in [-0.2, -0.15) is 0 Å². The molecule has 1 heterocycles. The number of unbranched alkanes of at least 4 members (excludes halogenated alkanes) is 1. The first kappa shape index (κ1) is 23.4. The van der Waals surface area contributed by atoms with Crippen molar-refractivity contribution in [1.29, 1.82) is 0 Å².